The Labute approximate surface area is 136 Å². The van der Waals surface area contributed by atoms with Crippen LogP contribution in [0.2, 0.25) is 5.02 Å². The van der Waals surface area contributed by atoms with Crippen LogP contribution in [0.5, 0.6) is 0 Å². The molecule has 2 nitrogen and oxygen atoms in total. The molecule has 4 heteroatoms. The summed E-state index contributed by atoms with van der Waals surface area (Å²) in [7, 11) is 2.09. The normalized spacial score (nSPS) is 12.3. The maximum absolute atomic E-state index is 5.93. The van der Waals surface area contributed by atoms with Gasteiger partial charge in [-0.05, 0) is 30.3 Å². The van der Waals surface area contributed by atoms with E-state index in [9.17, 15) is 0 Å². The molecule has 0 saturated carbocycles. The summed E-state index contributed by atoms with van der Waals surface area (Å²) in [6, 6.07) is 18.4. The Morgan fingerprint density at radius 2 is 1.76 bits per heavy atom. The van der Waals surface area contributed by atoms with Gasteiger partial charge in [0.15, 0.2) is 0 Å². The number of nitrogens with zero attached hydrogens (tertiary/aromatic N) is 1. The summed E-state index contributed by atoms with van der Waals surface area (Å²) in [6.07, 6.45) is 0.670. The lowest BCUT2D eigenvalue weighted by Crippen LogP contribution is -2.28. The zero-order chi connectivity index (χ0) is 15.2. The fraction of sp³-hybridized carbons (Fsp3) is 0.235. The van der Waals surface area contributed by atoms with Gasteiger partial charge in [0.05, 0.1) is 4.99 Å². The van der Waals surface area contributed by atoms with Crippen LogP contribution in [0.3, 0.4) is 0 Å². The van der Waals surface area contributed by atoms with Gasteiger partial charge in [-0.25, -0.2) is 0 Å². The SMILES string of the molecule is CN(Cc1ccc(Cl)cc1)C(CC(N)=S)c1ccccc1. The van der Waals surface area contributed by atoms with Gasteiger partial charge in [-0.2, -0.15) is 0 Å². The Morgan fingerprint density at radius 3 is 2.33 bits per heavy atom. The topological polar surface area (TPSA) is 29.3 Å². The summed E-state index contributed by atoms with van der Waals surface area (Å²) in [5.74, 6) is 0. The number of benzene rings is 2. The third kappa shape index (κ3) is 4.81. The van der Waals surface area contributed by atoms with Gasteiger partial charge in [-0.3, -0.25) is 4.90 Å². The fourth-order valence-corrected chi connectivity index (χ4v) is 2.67. The first-order valence-electron chi connectivity index (χ1n) is 6.84. The highest BCUT2D eigenvalue weighted by Crippen LogP contribution is 2.25. The highest BCUT2D eigenvalue weighted by molar-refractivity contribution is 7.80. The van der Waals surface area contributed by atoms with Gasteiger partial charge in [0.1, 0.15) is 0 Å². The van der Waals surface area contributed by atoms with Gasteiger partial charge in [-0.15, -0.1) is 0 Å². The maximum Gasteiger partial charge on any atom is 0.0746 e. The fourth-order valence-electron chi connectivity index (χ4n) is 2.38. The Kier molecular flexibility index (Phi) is 5.74. The third-order valence-electron chi connectivity index (χ3n) is 3.46. The van der Waals surface area contributed by atoms with Crippen molar-refractivity contribution in [3.63, 3.8) is 0 Å². The van der Waals surface area contributed by atoms with E-state index in [-0.39, 0.29) is 6.04 Å². The van der Waals surface area contributed by atoms with Crippen molar-refractivity contribution in [2.75, 3.05) is 7.05 Å². The molecule has 2 N–H and O–H groups in total. The minimum Gasteiger partial charge on any atom is -0.393 e. The first kappa shape index (κ1) is 16.0. The van der Waals surface area contributed by atoms with E-state index in [4.69, 9.17) is 29.6 Å². The molecule has 1 atom stereocenters. The molecule has 0 aliphatic rings. The molecular weight excluding hydrogens is 300 g/mol. The molecule has 0 fully saturated rings. The minimum atomic E-state index is 0.180. The highest BCUT2D eigenvalue weighted by atomic mass is 35.5. The molecular formula is C17H19ClN2S. The zero-order valence-corrected chi connectivity index (χ0v) is 13.6. The molecule has 0 bridgehead atoms. The van der Waals surface area contributed by atoms with Gasteiger partial charge >= 0.3 is 0 Å². The van der Waals surface area contributed by atoms with Crippen molar-refractivity contribution in [2.24, 2.45) is 5.73 Å². The van der Waals surface area contributed by atoms with Crippen LogP contribution < -0.4 is 5.73 Å². The van der Waals surface area contributed by atoms with Crippen molar-refractivity contribution in [1.82, 2.24) is 4.90 Å². The summed E-state index contributed by atoms with van der Waals surface area (Å²) < 4.78 is 0. The van der Waals surface area contributed by atoms with E-state index in [1.54, 1.807) is 0 Å². The van der Waals surface area contributed by atoms with E-state index >= 15 is 0 Å². The van der Waals surface area contributed by atoms with Crippen molar-refractivity contribution >= 4 is 28.8 Å². The van der Waals surface area contributed by atoms with E-state index in [1.165, 1.54) is 11.1 Å². The quantitative estimate of drug-likeness (QED) is 0.810. The summed E-state index contributed by atoms with van der Waals surface area (Å²) in [6.45, 7) is 0.819. The molecule has 21 heavy (non-hydrogen) atoms. The molecule has 0 aliphatic carbocycles. The van der Waals surface area contributed by atoms with Gasteiger partial charge in [0.2, 0.25) is 0 Å². The molecule has 0 amide bonds. The molecule has 2 rings (SSSR count). The van der Waals surface area contributed by atoms with Crippen molar-refractivity contribution in [1.29, 1.82) is 0 Å². The predicted molar refractivity (Wildman–Crippen MR) is 93.5 cm³/mol. The molecule has 0 aliphatic heterocycles. The Morgan fingerprint density at radius 1 is 1.14 bits per heavy atom. The van der Waals surface area contributed by atoms with Crippen LogP contribution in [0.4, 0.5) is 0 Å². The first-order chi connectivity index (χ1) is 10.1. The van der Waals surface area contributed by atoms with Gasteiger partial charge < -0.3 is 5.73 Å². The lowest BCUT2D eigenvalue weighted by molar-refractivity contribution is 0.242. The molecule has 0 saturated heterocycles. The lowest BCUT2D eigenvalue weighted by atomic mass is 10.0. The lowest BCUT2D eigenvalue weighted by Gasteiger charge is -2.28. The average molecular weight is 319 g/mol. The second-order valence-corrected chi connectivity index (χ2v) is 6.10. The molecule has 2 aromatic carbocycles. The summed E-state index contributed by atoms with van der Waals surface area (Å²) in [5.41, 5.74) is 8.21. The third-order valence-corrected chi connectivity index (χ3v) is 3.87. The van der Waals surface area contributed by atoms with E-state index < -0.39 is 0 Å². The van der Waals surface area contributed by atoms with Gasteiger partial charge in [0.25, 0.3) is 0 Å². The molecule has 1 unspecified atom stereocenters. The minimum absolute atomic E-state index is 0.180. The highest BCUT2D eigenvalue weighted by Gasteiger charge is 2.18. The van der Waals surface area contributed by atoms with E-state index in [0.29, 0.717) is 11.4 Å². The monoisotopic (exact) mass is 318 g/mol. The number of thiocarbonyl (C=S) groups is 1. The number of hydrogen-bond acceptors (Lipinski definition) is 2. The molecule has 0 spiro atoms. The smallest absolute Gasteiger partial charge is 0.0746 e. The summed E-state index contributed by atoms with van der Waals surface area (Å²) in [4.78, 5) is 2.80. The second kappa shape index (κ2) is 7.55. The van der Waals surface area contributed by atoms with Crippen LogP contribution >= 0.6 is 23.8 Å². The van der Waals surface area contributed by atoms with Gasteiger partial charge in [0, 0.05) is 24.0 Å². The number of rotatable bonds is 6. The van der Waals surface area contributed by atoms with E-state index in [1.807, 2.05) is 42.5 Å². The molecule has 0 heterocycles. The van der Waals surface area contributed by atoms with Crippen molar-refractivity contribution in [3.8, 4) is 0 Å². The molecule has 0 radical (unpaired) electrons. The maximum atomic E-state index is 5.93. The van der Waals surface area contributed by atoms with Crippen LogP contribution in [-0.2, 0) is 6.54 Å². The van der Waals surface area contributed by atoms with Crippen molar-refractivity contribution in [2.45, 2.75) is 19.0 Å². The zero-order valence-electron chi connectivity index (χ0n) is 12.0. The van der Waals surface area contributed by atoms with Crippen LogP contribution in [0.15, 0.2) is 54.6 Å². The van der Waals surface area contributed by atoms with E-state index in [0.717, 1.165) is 11.6 Å². The van der Waals surface area contributed by atoms with Crippen LogP contribution in [0, 0.1) is 0 Å². The molecule has 2 aromatic rings. The molecule has 0 aromatic heterocycles. The predicted octanol–water partition coefficient (Wildman–Crippen LogP) is 4.19. The van der Waals surface area contributed by atoms with Crippen LogP contribution in [-0.4, -0.2) is 16.9 Å². The number of halogens is 1. The number of nitrogens with two attached hydrogens (primary N) is 1. The first-order valence-corrected chi connectivity index (χ1v) is 7.63. The van der Waals surface area contributed by atoms with Crippen molar-refractivity contribution in [3.05, 3.63) is 70.7 Å². The van der Waals surface area contributed by atoms with E-state index in [2.05, 4.69) is 24.1 Å². The van der Waals surface area contributed by atoms with Gasteiger partial charge in [-0.1, -0.05) is 66.3 Å². The molecule has 110 valence electrons. The van der Waals surface area contributed by atoms with Crippen molar-refractivity contribution < 1.29 is 0 Å². The Hall–Kier alpha value is -1.42. The second-order valence-electron chi connectivity index (χ2n) is 5.14. The average Bonchev–Trinajstić information content (AvgIpc) is 2.48. The summed E-state index contributed by atoms with van der Waals surface area (Å²) in [5, 5.41) is 0.754. The number of hydrogen-bond donors (Lipinski definition) is 1. The standard InChI is InChI=1S/C17H19ClN2S/c1-20(12-13-7-9-15(18)10-8-13)16(11-17(19)21)14-5-3-2-4-6-14/h2-10,16H,11-12H2,1H3,(H2,19,21). The largest absolute Gasteiger partial charge is 0.393 e. The van der Waals surface area contributed by atoms with Crippen LogP contribution in [0.25, 0.3) is 0 Å². The van der Waals surface area contributed by atoms with Crippen LogP contribution in [0.1, 0.15) is 23.6 Å². The summed E-state index contributed by atoms with van der Waals surface area (Å²) >= 11 is 11.0. The Balaban J connectivity index is 2.16. The Bertz CT molecular complexity index is 583.